The zero-order chi connectivity index (χ0) is 14.6. The Labute approximate surface area is 121 Å². The third-order valence-corrected chi connectivity index (χ3v) is 4.29. The Bertz CT molecular complexity index is 446. The molecule has 1 aromatic heterocycles. The molecule has 112 valence electrons. The Hall–Kier alpha value is -1.23. The topological polar surface area (TPSA) is 59.8 Å². The summed E-state index contributed by atoms with van der Waals surface area (Å²) in [4.78, 5) is 17.0. The lowest BCUT2D eigenvalue weighted by atomic mass is 9.74. The van der Waals surface area contributed by atoms with E-state index in [1.54, 1.807) is 6.33 Å². The molecule has 1 N–H and O–H groups in total. The Kier molecular flexibility index (Phi) is 4.91. The van der Waals surface area contributed by atoms with Crippen molar-refractivity contribution in [2.24, 2.45) is 11.3 Å². The lowest BCUT2D eigenvalue weighted by Crippen LogP contribution is -2.46. The number of rotatable bonds is 6. The summed E-state index contributed by atoms with van der Waals surface area (Å²) in [5.74, 6) is 1.62. The second kappa shape index (κ2) is 6.48. The highest BCUT2D eigenvalue weighted by Gasteiger charge is 2.37. The van der Waals surface area contributed by atoms with E-state index in [-0.39, 0.29) is 5.41 Å². The summed E-state index contributed by atoms with van der Waals surface area (Å²) in [5.41, 5.74) is -0.202. The van der Waals surface area contributed by atoms with Crippen LogP contribution in [0.1, 0.15) is 45.9 Å². The lowest BCUT2D eigenvalue weighted by Gasteiger charge is -2.35. The van der Waals surface area contributed by atoms with Crippen molar-refractivity contribution in [2.45, 2.75) is 53.0 Å². The number of carbonyl (C=O) groups excluding carboxylic acids is 1. The van der Waals surface area contributed by atoms with Gasteiger partial charge in [-0.1, -0.05) is 20.8 Å². The maximum Gasteiger partial charge on any atom is 0.147 e. The minimum absolute atomic E-state index is 0.202. The molecule has 2 rings (SSSR count). The minimum Gasteiger partial charge on any atom is -0.316 e. The third kappa shape index (κ3) is 3.26. The molecular formula is C15H26N4O. The molecule has 5 nitrogen and oxygen atoms in total. The van der Waals surface area contributed by atoms with Crippen molar-refractivity contribution in [3.63, 3.8) is 0 Å². The van der Waals surface area contributed by atoms with Crippen LogP contribution < -0.4 is 5.32 Å². The largest absolute Gasteiger partial charge is 0.316 e. The molecule has 0 saturated carbocycles. The SMILES string of the molecule is CCC1(C(=O)Cc2ncnn2CC(C)C)CCCNC1. The van der Waals surface area contributed by atoms with Crippen molar-refractivity contribution < 1.29 is 4.79 Å². The summed E-state index contributed by atoms with van der Waals surface area (Å²) < 4.78 is 1.88. The van der Waals surface area contributed by atoms with Crippen molar-refractivity contribution in [1.82, 2.24) is 20.1 Å². The highest BCUT2D eigenvalue weighted by molar-refractivity contribution is 5.86. The molecule has 20 heavy (non-hydrogen) atoms. The standard InChI is InChI=1S/C15H26N4O/c1-4-15(6-5-7-16-10-15)13(20)8-14-17-11-18-19(14)9-12(2)3/h11-12,16H,4-10H2,1-3H3. The van der Waals surface area contributed by atoms with Crippen molar-refractivity contribution in [2.75, 3.05) is 13.1 Å². The van der Waals surface area contributed by atoms with Gasteiger partial charge in [-0.2, -0.15) is 5.10 Å². The second-order valence-corrected chi connectivity index (χ2v) is 6.27. The van der Waals surface area contributed by atoms with Crippen molar-refractivity contribution in [1.29, 1.82) is 0 Å². The average Bonchev–Trinajstić information content (AvgIpc) is 2.86. The molecule has 1 aliphatic rings. The molecule has 0 spiro atoms. The van der Waals surface area contributed by atoms with E-state index in [2.05, 4.69) is 36.2 Å². The predicted molar refractivity (Wildman–Crippen MR) is 78.4 cm³/mol. The normalized spacial score (nSPS) is 23.2. The van der Waals surface area contributed by atoms with Crippen LogP contribution in [0.25, 0.3) is 0 Å². The summed E-state index contributed by atoms with van der Waals surface area (Å²) in [6.45, 7) is 9.06. The summed E-state index contributed by atoms with van der Waals surface area (Å²) in [6, 6.07) is 0. The summed E-state index contributed by atoms with van der Waals surface area (Å²) >= 11 is 0. The van der Waals surface area contributed by atoms with Gasteiger partial charge >= 0.3 is 0 Å². The summed E-state index contributed by atoms with van der Waals surface area (Å²) in [7, 11) is 0. The van der Waals surface area contributed by atoms with Crippen LogP contribution in [0.3, 0.4) is 0 Å². The number of hydrogen-bond donors (Lipinski definition) is 1. The van der Waals surface area contributed by atoms with Crippen LogP contribution in [0.2, 0.25) is 0 Å². The highest BCUT2D eigenvalue weighted by atomic mass is 16.1. The second-order valence-electron chi connectivity index (χ2n) is 6.27. The Morgan fingerprint density at radius 2 is 2.35 bits per heavy atom. The maximum absolute atomic E-state index is 12.7. The highest BCUT2D eigenvalue weighted by Crippen LogP contribution is 2.32. The first-order valence-corrected chi connectivity index (χ1v) is 7.68. The molecule has 1 aromatic rings. The first-order chi connectivity index (χ1) is 9.57. The quantitative estimate of drug-likeness (QED) is 0.862. The van der Waals surface area contributed by atoms with Gasteiger partial charge in [0.2, 0.25) is 0 Å². The summed E-state index contributed by atoms with van der Waals surface area (Å²) in [5, 5.41) is 7.61. The van der Waals surface area contributed by atoms with Gasteiger partial charge in [0.05, 0.1) is 6.42 Å². The fourth-order valence-corrected chi connectivity index (χ4v) is 2.96. The van der Waals surface area contributed by atoms with Crippen LogP contribution in [-0.4, -0.2) is 33.6 Å². The average molecular weight is 278 g/mol. The van der Waals surface area contributed by atoms with Crippen LogP contribution in [0, 0.1) is 11.3 Å². The zero-order valence-corrected chi connectivity index (χ0v) is 12.9. The fourth-order valence-electron chi connectivity index (χ4n) is 2.96. The first-order valence-electron chi connectivity index (χ1n) is 7.68. The zero-order valence-electron chi connectivity index (χ0n) is 12.9. The van der Waals surface area contributed by atoms with E-state index in [1.807, 2.05) is 4.68 Å². The third-order valence-electron chi connectivity index (χ3n) is 4.29. The number of hydrogen-bond acceptors (Lipinski definition) is 4. The molecule has 2 heterocycles. The number of Topliss-reactive ketones (excluding diaryl/α,β-unsaturated/α-hetero) is 1. The van der Waals surface area contributed by atoms with E-state index >= 15 is 0 Å². The van der Waals surface area contributed by atoms with Gasteiger partial charge < -0.3 is 5.32 Å². The number of nitrogens with one attached hydrogen (secondary N) is 1. The summed E-state index contributed by atoms with van der Waals surface area (Å²) in [6.07, 6.45) is 4.94. The van der Waals surface area contributed by atoms with Crippen LogP contribution in [-0.2, 0) is 17.8 Å². The monoisotopic (exact) mass is 278 g/mol. The number of nitrogens with zero attached hydrogens (tertiary/aromatic N) is 3. The number of piperidine rings is 1. The molecule has 1 fully saturated rings. The first kappa shape index (κ1) is 15.2. The minimum atomic E-state index is -0.202. The molecule has 0 aromatic carbocycles. The van der Waals surface area contributed by atoms with E-state index in [0.717, 1.165) is 44.7 Å². The molecule has 1 unspecified atom stereocenters. The van der Waals surface area contributed by atoms with Gasteiger partial charge in [-0.3, -0.25) is 4.79 Å². The molecule has 0 bridgehead atoms. The van der Waals surface area contributed by atoms with Gasteiger partial charge in [0.1, 0.15) is 17.9 Å². The lowest BCUT2D eigenvalue weighted by molar-refractivity contribution is -0.129. The van der Waals surface area contributed by atoms with Crippen LogP contribution in [0.15, 0.2) is 6.33 Å². The molecule has 0 amide bonds. The molecule has 1 atom stereocenters. The number of aromatic nitrogens is 3. The molecule has 5 heteroatoms. The maximum atomic E-state index is 12.7. The van der Waals surface area contributed by atoms with Gasteiger partial charge in [0.15, 0.2) is 0 Å². The van der Waals surface area contributed by atoms with Gasteiger partial charge in [-0.15, -0.1) is 0 Å². The van der Waals surface area contributed by atoms with Crippen LogP contribution >= 0.6 is 0 Å². The van der Waals surface area contributed by atoms with Gasteiger partial charge in [-0.25, -0.2) is 9.67 Å². The van der Waals surface area contributed by atoms with Gasteiger partial charge in [-0.05, 0) is 31.7 Å². The smallest absolute Gasteiger partial charge is 0.147 e. The van der Waals surface area contributed by atoms with Crippen LogP contribution in [0.4, 0.5) is 0 Å². The van der Waals surface area contributed by atoms with E-state index < -0.39 is 0 Å². The molecule has 0 radical (unpaired) electrons. The Morgan fingerprint density at radius 1 is 1.55 bits per heavy atom. The van der Waals surface area contributed by atoms with E-state index in [9.17, 15) is 4.79 Å². The fraction of sp³-hybridized carbons (Fsp3) is 0.800. The van der Waals surface area contributed by atoms with Crippen LogP contribution in [0.5, 0.6) is 0 Å². The van der Waals surface area contributed by atoms with E-state index in [1.165, 1.54) is 0 Å². The number of ketones is 1. The van der Waals surface area contributed by atoms with Gasteiger partial charge in [0.25, 0.3) is 0 Å². The molecule has 1 saturated heterocycles. The number of carbonyl (C=O) groups is 1. The van der Waals surface area contributed by atoms with Crippen molar-refractivity contribution in [3.05, 3.63) is 12.2 Å². The molecule has 1 aliphatic heterocycles. The van der Waals surface area contributed by atoms with E-state index in [0.29, 0.717) is 18.1 Å². The van der Waals surface area contributed by atoms with Crippen molar-refractivity contribution in [3.8, 4) is 0 Å². The predicted octanol–water partition coefficient (Wildman–Crippen LogP) is 1.83. The van der Waals surface area contributed by atoms with Gasteiger partial charge in [0, 0.05) is 18.5 Å². The van der Waals surface area contributed by atoms with E-state index in [4.69, 9.17) is 0 Å². The van der Waals surface area contributed by atoms with Crippen molar-refractivity contribution >= 4 is 5.78 Å². The molecular weight excluding hydrogens is 252 g/mol. The Balaban J connectivity index is 2.08. The molecule has 0 aliphatic carbocycles. The Morgan fingerprint density at radius 3 is 2.95 bits per heavy atom.